The summed E-state index contributed by atoms with van der Waals surface area (Å²) < 4.78 is 0. The molecule has 0 saturated heterocycles. The molecule has 0 radical (unpaired) electrons. The van der Waals surface area contributed by atoms with E-state index in [4.69, 9.17) is 0 Å². The molecule has 4 heteroatoms. The lowest BCUT2D eigenvalue weighted by Crippen LogP contribution is -2.35. The summed E-state index contributed by atoms with van der Waals surface area (Å²) in [4.78, 5) is 27.7. The van der Waals surface area contributed by atoms with Gasteiger partial charge in [0.25, 0.3) is 11.8 Å². The monoisotopic (exact) mass is 412 g/mol. The van der Waals surface area contributed by atoms with Crippen LogP contribution in [0.25, 0.3) is 0 Å². The van der Waals surface area contributed by atoms with Crippen LogP contribution in [0.3, 0.4) is 0 Å². The minimum Gasteiger partial charge on any atom is -0.322 e. The van der Waals surface area contributed by atoms with Gasteiger partial charge in [-0.1, -0.05) is 57.2 Å². The van der Waals surface area contributed by atoms with Crippen LogP contribution in [-0.4, -0.2) is 18.4 Å². The first-order valence-corrected chi connectivity index (χ1v) is 10.7. The van der Waals surface area contributed by atoms with Crippen molar-refractivity contribution in [3.63, 3.8) is 0 Å². The van der Waals surface area contributed by atoms with E-state index in [1.165, 1.54) is 5.56 Å². The number of nitrogens with zero attached hydrogens (tertiary/aromatic N) is 1. The number of hydrogen-bond acceptors (Lipinski definition) is 2. The summed E-state index contributed by atoms with van der Waals surface area (Å²) >= 11 is 0. The largest absolute Gasteiger partial charge is 0.322 e. The summed E-state index contributed by atoms with van der Waals surface area (Å²) in [5.74, 6) is -0.167. The molecule has 0 saturated carbocycles. The molecule has 1 aliphatic heterocycles. The van der Waals surface area contributed by atoms with Crippen LogP contribution in [-0.2, 0) is 11.8 Å². The predicted molar refractivity (Wildman–Crippen MR) is 126 cm³/mol. The van der Waals surface area contributed by atoms with E-state index in [0.717, 1.165) is 24.1 Å². The first-order valence-electron chi connectivity index (χ1n) is 10.7. The molecule has 158 valence electrons. The number of benzene rings is 3. The van der Waals surface area contributed by atoms with Gasteiger partial charge >= 0.3 is 0 Å². The Bertz CT molecular complexity index is 1100. The maximum absolute atomic E-state index is 13.1. The third-order valence-electron chi connectivity index (χ3n) is 5.74. The molecule has 0 spiro atoms. The predicted octanol–water partition coefficient (Wildman–Crippen LogP) is 5.83. The third kappa shape index (κ3) is 4.53. The second-order valence-electron chi connectivity index (χ2n) is 9.05. The van der Waals surface area contributed by atoms with E-state index in [-0.39, 0.29) is 17.2 Å². The molecular formula is C27H28N2O2. The fourth-order valence-corrected chi connectivity index (χ4v) is 3.92. The van der Waals surface area contributed by atoms with Crippen molar-refractivity contribution in [3.05, 3.63) is 95.1 Å². The van der Waals surface area contributed by atoms with E-state index in [0.29, 0.717) is 23.4 Å². The van der Waals surface area contributed by atoms with E-state index >= 15 is 0 Å². The van der Waals surface area contributed by atoms with Crippen LogP contribution in [0.2, 0.25) is 0 Å². The van der Waals surface area contributed by atoms with Crippen molar-refractivity contribution in [3.8, 4) is 0 Å². The van der Waals surface area contributed by atoms with Crippen LogP contribution < -0.4 is 10.2 Å². The quantitative estimate of drug-likeness (QED) is 0.588. The second kappa shape index (κ2) is 8.38. The number of anilines is 2. The summed E-state index contributed by atoms with van der Waals surface area (Å²) in [7, 11) is 0. The normalized spacial score (nSPS) is 13.5. The molecule has 1 heterocycles. The minimum atomic E-state index is -0.155. The Morgan fingerprint density at radius 3 is 2.26 bits per heavy atom. The number of fused-ring (bicyclic) bond motifs is 1. The van der Waals surface area contributed by atoms with Crippen LogP contribution in [0, 0.1) is 0 Å². The molecule has 2 amide bonds. The number of rotatable bonds is 3. The van der Waals surface area contributed by atoms with Crippen LogP contribution in [0.1, 0.15) is 59.0 Å². The maximum atomic E-state index is 13.1. The van der Waals surface area contributed by atoms with E-state index < -0.39 is 0 Å². The van der Waals surface area contributed by atoms with Gasteiger partial charge in [0.2, 0.25) is 0 Å². The van der Waals surface area contributed by atoms with Crippen molar-refractivity contribution in [2.75, 3.05) is 16.8 Å². The Balaban J connectivity index is 1.56. The molecule has 4 nitrogen and oxygen atoms in total. The molecule has 0 bridgehead atoms. The average molecular weight is 413 g/mol. The minimum absolute atomic E-state index is 0.0113. The second-order valence-corrected chi connectivity index (χ2v) is 9.05. The summed E-state index contributed by atoms with van der Waals surface area (Å²) in [5.41, 5.74) is 5.21. The van der Waals surface area contributed by atoms with Gasteiger partial charge in [-0.25, -0.2) is 0 Å². The lowest BCUT2D eigenvalue weighted by Gasteiger charge is -2.30. The van der Waals surface area contributed by atoms with Crippen molar-refractivity contribution in [2.24, 2.45) is 0 Å². The summed E-state index contributed by atoms with van der Waals surface area (Å²) in [6.45, 7) is 7.12. The molecule has 0 atom stereocenters. The van der Waals surface area contributed by atoms with Gasteiger partial charge in [-0.05, 0) is 65.8 Å². The lowest BCUT2D eigenvalue weighted by molar-refractivity contribution is 0.0984. The van der Waals surface area contributed by atoms with Gasteiger partial charge in [0, 0.05) is 29.0 Å². The van der Waals surface area contributed by atoms with Gasteiger partial charge in [-0.15, -0.1) is 0 Å². The molecule has 0 fully saturated rings. The fourth-order valence-electron chi connectivity index (χ4n) is 3.92. The van der Waals surface area contributed by atoms with E-state index in [1.54, 1.807) is 0 Å². The van der Waals surface area contributed by atoms with Gasteiger partial charge in [0.05, 0.1) is 0 Å². The third-order valence-corrected chi connectivity index (χ3v) is 5.74. The molecule has 3 aromatic rings. The summed E-state index contributed by atoms with van der Waals surface area (Å²) in [6, 6.07) is 22.9. The first kappa shape index (κ1) is 20.9. The molecule has 4 rings (SSSR count). The molecule has 3 aromatic carbocycles. The standard InChI is InChI=1S/C27H28N2O2/c1-27(2,3)22-14-11-20(12-15-22)25(30)28-23-16-13-19-10-7-17-29(24(19)18-23)26(31)21-8-5-4-6-9-21/h4-6,8-9,11-16,18H,7,10,17H2,1-3H3,(H,28,30). The molecule has 0 aliphatic carbocycles. The zero-order valence-corrected chi connectivity index (χ0v) is 18.3. The summed E-state index contributed by atoms with van der Waals surface area (Å²) in [6.07, 6.45) is 1.85. The number of aryl methyl sites for hydroxylation is 1. The highest BCUT2D eigenvalue weighted by atomic mass is 16.2. The molecule has 1 N–H and O–H groups in total. The molecule has 0 aromatic heterocycles. The topological polar surface area (TPSA) is 49.4 Å². The highest BCUT2D eigenvalue weighted by Gasteiger charge is 2.24. The van der Waals surface area contributed by atoms with Crippen molar-refractivity contribution in [1.82, 2.24) is 0 Å². The van der Waals surface area contributed by atoms with Crippen molar-refractivity contribution in [2.45, 2.75) is 39.0 Å². The Morgan fingerprint density at radius 2 is 1.58 bits per heavy atom. The number of hydrogen-bond donors (Lipinski definition) is 1. The Kier molecular flexibility index (Phi) is 5.64. The van der Waals surface area contributed by atoms with Crippen LogP contribution >= 0.6 is 0 Å². The Hall–Kier alpha value is -3.40. The number of carbonyl (C=O) groups is 2. The highest BCUT2D eigenvalue weighted by Crippen LogP contribution is 2.31. The summed E-state index contributed by atoms with van der Waals surface area (Å²) in [5, 5.41) is 2.99. The van der Waals surface area contributed by atoms with Crippen molar-refractivity contribution < 1.29 is 9.59 Å². The number of carbonyl (C=O) groups excluding carboxylic acids is 2. The Labute approximate surface area is 183 Å². The van der Waals surface area contributed by atoms with Crippen LogP contribution in [0.5, 0.6) is 0 Å². The van der Waals surface area contributed by atoms with Gasteiger partial charge in [0.15, 0.2) is 0 Å². The zero-order chi connectivity index (χ0) is 22.0. The zero-order valence-electron chi connectivity index (χ0n) is 18.3. The van der Waals surface area contributed by atoms with E-state index in [9.17, 15) is 9.59 Å². The van der Waals surface area contributed by atoms with E-state index in [1.807, 2.05) is 77.7 Å². The lowest BCUT2D eigenvalue weighted by atomic mass is 9.87. The molecule has 1 aliphatic rings. The average Bonchev–Trinajstić information content (AvgIpc) is 2.78. The van der Waals surface area contributed by atoms with Gasteiger partial charge in [0.1, 0.15) is 0 Å². The smallest absolute Gasteiger partial charge is 0.258 e. The number of nitrogens with one attached hydrogen (secondary N) is 1. The van der Waals surface area contributed by atoms with Gasteiger partial charge in [-0.2, -0.15) is 0 Å². The highest BCUT2D eigenvalue weighted by molar-refractivity contribution is 6.08. The molecule has 0 unspecified atom stereocenters. The molecular weight excluding hydrogens is 384 g/mol. The number of amides is 2. The van der Waals surface area contributed by atoms with Crippen molar-refractivity contribution >= 4 is 23.2 Å². The van der Waals surface area contributed by atoms with Crippen LogP contribution in [0.4, 0.5) is 11.4 Å². The molecule has 31 heavy (non-hydrogen) atoms. The SMILES string of the molecule is CC(C)(C)c1ccc(C(=O)Nc2ccc3c(c2)N(C(=O)c2ccccc2)CCC3)cc1. The fraction of sp³-hybridized carbons (Fsp3) is 0.259. The first-order chi connectivity index (χ1) is 14.8. The van der Waals surface area contributed by atoms with E-state index in [2.05, 4.69) is 26.1 Å². The van der Waals surface area contributed by atoms with Gasteiger partial charge in [-0.3, -0.25) is 9.59 Å². The van der Waals surface area contributed by atoms with Crippen LogP contribution in [0.15, 0.2) is 72.8 Å². The van der Waals surface area contributed by atoms with Gasteiger partial charge < -0.3 is 10.2 Å². The Morgan fingerprint density at radius 1 is 0.871 bits per heavy atom. The van der Waals surface area contributed by atoms with Crippen molar-refractivity contribution in [1.29, 1.82) is 0 Å². The maximum Gasteiger partial charge on any atom is 0.258 e.